The van der Waals surface area contributed by atoms with Gasteiger partial charge in [-0.05, 0) is 18.9 Å². The molecular weight excluding hydrogens is 168 g/mol. The van der Waals surface area contributed by atoms with Crippen molar-refractivity contribution < 1.29 is 15.0 Å². The fraction of sp³-hybridized carbons (Fsp3) is 0.700. The SMILES string of the molecule is CC1=CCC(C(=O)O)C(C)(C)C1O. The Hall–Kier alpha value is -0.830. The first kappa shape index (κ1) is 10.3. The minimum atomic E-state index is -0.826. The van der Waals surface area contributed by atoms with Gasteiger partial charge in [0.25, 0.3) is 0 Å². The molecule has 3 heteroatoms. The van der Waals surface area contributed by atoms with Gasteiger partial charge in [-0.2, -0.15) is 0 Å². The zero-order chi connectivity index (χ0) is 10.2. The summed E-state index contributed by atoms with van der Waals surface area (Å²) in [5, 5.41) is 18.7. The number of carboxylic acid groups (broad SMARTS) is 1. The van der Waals surface area contributed by atoms with E-state index >= 15 is 0 Å². The molecule has 2 unspecified atom stereocenters. The van der Waals surface area contributed by atoms with Gasteiger partial charge in [-0.3, -0.25) is 4.79 Å². The van der Waals surface area contributed by atoms with Crippen LogP contribution in [0.2, 0.25) is 0 Å². The van der Waals surface area contributed by atoms with Crippen LogP contribution in [0.5, 0.6) is 0 Å². The van der Waals surface area contributed by atoms with Gasteiger partial charge in [-0.1, -0.05) is 19.9 Å². The summed E-state index contributed by atoms with van der Waals surface area (Å²) in [4.78, 5) is 10.9. The fourth-order valence-corrected chi connectivity index (χ4v) is 1.92. The minimum Gasteiger partial charge on any atom is -0.481 e. The summed E-state index contributed by atoms with van der Waals surface area (Å²) in [6.45, 7) is 5.43. The number of aliphatic hydroxyl groups excluding tert-OH is 1. The lowest BCUT2D eigenvalue weighted by Crippen LogP contribution is -2.43. The van der Waals surface area contributed by atoms with E-state index in [2.05, 4.69) is 0 Å². The van der Waals surface area contributed by atoms with E-state index in [1.807, 2.05) is 13.0 Å². The zero-order valence-electron chi connectivity index (χ0n) is 8.24. The van der Waals surface area contributed by atoms with Crippen LogP contribution in [0.25, 0.3) is 0 Å². The number of aliphatic carboxylic acids is 1. The molecule has 0 saturated heterocycles. The highest BCUT2D eigenvalue weighted by Gasteiger charge is 2.43. The maximum absolute atomic E-state index is 10.9. The molecular formula is C10H16O3. The normalized spacial score (nSPS) is 32.5. The monoisotopic (exact) mass is 184 g/mol. The van der Waals surface area contributed by atoms with Gasteiger partial charge in [0.2, 0.25) is 0 Å². The molecule has 13 heavy (non-hydrogen) atoms. The summed E-state index contributed by atoms with van der Waals surface area (Å²) < 4.78 is 0. The Morgan fingerprint density at radius 1 is 1.62 bits per heavy atom. The summed E-state index contributed by atoms with van der Waals surface area (Å²) >= 11 is 0. The predicted octanol–water partition coefficient (Wildman–Crippen LogP) is 1.42. The van der Waals surface area contributed by atoms with E-state index in [0.717, 1.165) is 5.57 Å². The molecule has 1 aliphatic carbocycles. The van der Waals surface area contributed by atoms with Crippen molar-refractivity contribution in [2.75, 3.05) is 0 Å². The Morgan fingerprint density at radius 3 is 2.62 bits per heavy atom. The molecule has 0 heterocycles. The smallest absolute Gasteiger partial charge is 0.307 e. The maximum atomic E-state index is 10.9. The number of hydrogen-bond acceptors (Lipinski definition) is 2. The first-order valence-electron chi connectivity index (χ1n) is 4.45. The van der Waals surface area contributed by atoms with E-state index in [-0.39, 0.29) is 0 Å². The molecule has 1 aliphatic rings. The van der Waals surface area contributed by atoms with Gasteiger partial charge in [0, 0.05) is 5.41 Å². The molecule has 0 aromatic heterocycles. The zero-order valence-corrected chi connectivity index (χ0v) is 8.24. The van der Waals surface area contributed by atoms with Crippen LogP contribution in [0.1, 0.15) is 27.2 Å². The highest BCUT2D eigenvalue weighted by atomic mass is 16.4. The van der Waals surface area contributed by atoms with Crippen molar-refractivity contribution >= 4 is 5.97 Å². The van der Waals surface area contributed by atoms with Crippen LogP contribution in [-0.2, 0) is 4.79 Å². The number of rotatable bonds is 1. The van der Waals surface area contributed by atoms with Crippen LogP contribution in [0.3, 0.4) is 0 Å². The summed E-state index contributed by atoms with van der Waals surface area (Å²) in [5.74, 6) is -1.31. The lowest BCUT2D eigenvalue weighted by Gasteiger charge is -2.39. The van der Waals surface area contributed by atoms with Crippen LogP contribution in [0, 0.1) is 11.3 Å². The Bertz CT molecular complexity index is 253. The number of carbonyl (C=O) groups is 1. The Kier molecular flexibility index (Phi) is 2.48. The molecule has 0 spiro atoms. The molecule has 0 saturated carbocycles. The van der Waals surface area contributed by atoms with Crippen molar-refractivity contribution in [3.05, 3.63) is 11.6 Å². The van der Waals surface area contributed by atoms with Crippen molar-refractivity contribution in [3.63, 3.8) is 0 Å². The van der Waals surface area contributed by atoms with Gasteiger partial charge in [-0.25, -0.2) is 0 Å². The largest absolute Gasteiger partial charge is 0.481 e. The Morgan fingerprint density at radius 2 is 2.15 bits per heavy atom. The third kappa shape index (κ3) is 1.61. The van der Waals surface area contributed by atoms with Gasteiger partial charge in [0.1, 0.15) is 0 Å². The van der Waals surface area contributed by atoms with Crippen molar-refractivity contribution in [1.82, 2.24) is 0 Å². The molecule has 1 rings (SSSR count). The molecule has 0 aliphatic heterocycles. The molecule has 0 amide bonds. The number of hydrogen-bond donors (Lipinski definition) is 2. The van der Waals surface area contributed by atoms with E-state index in [4.69, 9.17) is 5.11 Å². The van der Waals surface area contributed by atoms with Gasteiger partial charge in [0.15, 0.2) is 0 Å². The van der Waals surface area contributed by atoms with E-state index < -0.39 is 23.4 Å². The third-order valence-electron chi connectivity index (χ3n) is 3.01. The molecule has 0 aromatic rings. The average molecular weight is 184 g/mol. The van der Waals surface area contributed by atoms with Gasteiger partial charge in [0.05, 0.1) is 12.0 Å². The second-order valence-corrected chi connectivity index (χ2v) is 4.30. The topological polar surface area (TPSA) is 57.5 Å². The summed E-state index contributed by atoms with van der Waals surface area (Å²) in [7, 11) is 0. The second-order valence-electron chi connectivity index (χ2n) is 4.30. The number of carboxylic acids is 1. The van der Waals surface area contributed by atoms with Crippen LogP contribution in [0.4, 0.5) is 0 Å². The highest BCUT2D eigenvalue weighted by molar-refractivity contribution is 5.72. The molecule has 74 valence electrons. The predicted molar refractivity (Wildman–Crippen MR) is 49.3 cm³/mol. The van der Waals surface area contributed by atoms with Crippen molar-refractivity contribution in [2.45, 2.75) is 33.3 Å². The molecule has 0 bridgehead atoms. The first-order valence-corrected chi connectivity index (χ1v) is 4.45. The molecule has 2 atom stereocenters. The van der Waals surface area contributed by atoms with E-state index in [1.165, 1.54) is 0 Å². The number of aliphatic hydroxyl groups is 1. The van der Waals surface area contributed by atoms with Crippen LogP contribution < -0.4 is 0 Å². The van der Waals surface area contributed by atoms with E-state index in [1.54, 1.807) is 13.8 Å². The highest BCUT2D eigenvalue weighted by Crippen LogP contribution is 2.40. The molecule has 3 nitrogen and oxygen atoms in total. The Labute approximate surface area is 78.1 Å². The summed E-state index contributed by atoms with van der Waals surface area (Å²) in [6.07, 6.45) is 1.70. The maximum Gasteiger partial charge on any atom is 0.307 e. The Balaban J connectivity index is 2.99. The van der Waals surface area contributed by atoms with Crippen molar-refractivity contribution in [1.29, 1.82) is 0 Å². The average Bonchev–Trinajstić information content (AvgIpc) is 1.99. The lowest BCUT2D eigenvalue weighted by atomic mass is 9.67. The standard InChI is InChI=1S/C10H16O3/c1-6-4-5-7(9(12)13)10(2,3)8(6)11/h4,7-8,11H,5H2,1-3H3,(H,12,13). The quantitative estimate of drug-likeness (QED) is 0.606. The van der Waals surface area contributed by atoms with Crippen LogP contribution in [-0.4, -0.2) is 22.3 Å². The van der Waals surface area contributed by atoms with Crippen molar-refractivity contribution in [3.8, 4) is 0 Å². The first-order chi connectivity index (χ1) is 5.87. The fourth-order valence-electron chi connectivity index (χ4n) is 1.92. The minimum absolute atomic E-state index is 0.480. The molecule has 0 radical (unpaired) electrons. The number of allylic oxidation sites excluding steroid dienone is 1. The van der Waals surface area contributed by atoms with Gasteiger partial charge < -0.3 is 10.2 Å². The van der Waals surface area contributed by atoms with E-state index in [9.17, 15) is 9.90 Å². The summed E-state index contributed by atoms with van der Waals surface area (Å²) in [5.41, 5.74) is 0.313. The third-order valence-corrected chi connectivity index (χ3v) is 3.01. The van der Waals surface area contributed by atoms with Gasteiger partial charge >= 0.3 is 5.97 Å². The molecule has 2 N–H and O–H groups in total. The lowest BCUT2D eigenvalue weighted by molar-refractivity contribution is -0.149. The second kappa shape index (κ2) is 3.14. The van der Waals surface area contributed by atoms with Crippen LogP contribution >= 0.6 is 0 Å². The van der Waals surface area contributed by atoms with E-state index in [0.29, 0.717) is 6.42 Å². The summed E-state index contributed by atoms with van der Waals surface area (Å²) in [6, 6.07) is 0. The van der Waals surface area contributed by atoms with Crippen LogP contribution in [0.15, 0.2) is 11.6 Å². The van der Waals surface area contributed by atoms with Gasteiger partial charge in [-0.15, -0.1) is 0 Å². The molecule has 0 fully saturated rings. The molecule has 0 aromatic carbocycles. The van der Waals surface area contributed by atoms with Crippen molar-refractivity contribution in [2.24, 2.45) is 11.3 Å².